The van der Waals surface area contributed by atoms with E-state index < -0.39 is 22.0 Å². The zero-order valence-corrected chi connectivity index (χ0v) is 22.9. The van der Waals surface area contributed by atoms with Crippen molar-refractivity contribution in [2.75, 3.05) is 26.0 Å². The molecule has 216 valence electrons. The fraction of sp³-hybridized carbons (Fsp3) is 0.370. The number of carbonyl (C=O) groups is 2. The van der Waals surface area contributed by atoms with Gasteiger partial charge >= 0.3 is 12.1 Å². The Morgan fingerprint density at radius 3 is 2.15 bits per heavy atom. The Kier molecular flexibility index (Phi) is 9.61. The number of halogens is 3. The summed E-state index contributed by atoms with van der Waals surface area (Å²) >= 11 is 0. The molecule has 4 rings (SSSR count). The van der Waals surface area contributed by atoms with E-state index in [2.05, 4.69) is 4.98 Å². The molecule has 0 radical (unpaired) electrons. The summed E-state index contributed by atoms with van der Waals surface area (Å²) in [4.78, 5) is 28.3. The topological polar surface area (TPSA) is 127 Å². The molecule has 0 bridgehead atoms. The molecule has 1 saturated heterocycles. The molecule has 3 aromatic rings. The number of aliphatic carboxylic acids is 1. The summed E-state index contributed by atoms with van der Waals surface area (Å²) in [7, 11) is -3.22. The van der Waals surface area contributed by atoms with Crippen LogP contribution in [0, 0.1) is 19.8 Å². The fourth-order valence-corrected chi connectivity index (χ4v) is 4.67. The van der Waals surface area contributed by atoms with E-state index in [1.165, 1.54) is 6.26 Å². The van der Waals surface area contributed by atoms with Gasteiger partial charge in [-0.3, -0.25) is 9.78 Å². The first-order chi connectivity index (χ1) is 18.6. The summed E-state index contributed by atoms with van der Waals surface area (Å²) < 4.78 is 66.4. The number of carboxylic acids is 1. The van der Waals surface area contributed by atoms with E-state index in [-0.39, 0.29) is 10.8 Å². The second kappa shape index (κ2) is 12.5. The van der Waals surface area contributed by atoms with Gasteiger partial charge in [-0.15, -0.1) is 0 Å². The Morgan fingerprint density at radius 1 is 1.10 bits per heavy atom. The molecular formula is C27H29F3N2O7S. The summed E-state index contributed by atoms with van der Waals surface area (Å²) in [6.07, 6.45) is -0.433. The molecule has 3 heterocycles. The largest absolute Gasteiger partial charge is 0.492 e. The van der Waals surface area contributed by atoms with E-state index in [4.69, 9.17) is 19.1 Å². The lowest BCUT2D eigenvalue weighted by Gasteiger charge is -2.31. The summed E-state index contributed by atoms with van der Waals surface area (Å²) in [6, 6.07) is 12.2. The quantitative estimate of drug-likeness (QED) is 0.434. The van der Waals surface area contributed by atoms with Gasteiger partial charge in [0.25, 0.3) is 5.91 Å². The van der Waals surface area contributed by atoms with Crippen molar-refractivity contribution in [1.29, 1.82) is 0 Å². The number of pyridine rings is 1. The SMILES string of the molecule is Cc1cc(C(=O)N2CCC(COc3ccc(-c4ccc(S(C)(=O)=O)cc4)nc3)CC2)c(C)o1.O=C(O)C(F)(F)F. The molecule has 9 nitrogen and oxygen atoms in total. The van der Waals surface area contributed by atoms with Crippen LogP contribution in [-0.2, 0) is 14.6 Å². The number of aromatic nitrogens is 1. The highest BCUT2D eigenvalue weighted by atomic mass is 32.2. The third-order valence-electron chi connectivity index (χ3n) is 6.22. The van der Waals surface area contributed by atoms with Crippen LogP contribution in [0.2, 0.25) is 0 Å². The van der Waals surface area contributed by atoms with Crippen molar-refractivity contribution in [3.05, 3.63) is 65.7 Å². The second-order valence-corrected chi connectivity index (χ2v) is 11.4. The monoisotopic (exact) mass is 582 g/mol. The number of aryl methyl sites for hydroxylation is 2. The minimum Gasteiger partial charge on any atom is -0.492 e. The minimum absolute atomic E-state index is 0.0353. The Hall–Kier alpha value is -3.87. The van der Waals surface area contributed by atoms with Crippen molar-refractivity contribution < 1.29 is 45.4 Å². The van der Waals surface area contributed by atoms with E-state index in [0.717, 1.165) is 29.9 Å². The lowest BCUT2D eigenvalue weighted by atomic mass is 9.97. The number of hydrogen-bond donors (Lipinski definition) is 1. The first kappa shape index (κ1) is 30.7. The zero-order valence-electron chi connectivity index (χ0n) is 22.1. The highest BCUT2D eigenvalue weighted by molar-refractivity contribution is 7.90. The number of alkyl halides is 3. The zero-order chi connectivity index (χ0) is 29.7. The Balaban J connectivity index is 0.000000559. The Bertz CT molecular complexity index is 1430. The van der Waals surface area contributed by atoms with Crippen LogP contribution in [0.15, 0.2) is 58.0 Å². The molecule has 1 aliphatic rings. The van der Waals surface area contributed by atoms with Gasteiger partial charge in [-0.1, -0.05) is 12.1 Å². The number of rotatable bonds is 6. The number of hydrogen-bond acceptors (Lipinski definition) is 7. The van der Waals surface area contributed by atoms with Gasteiger partial charge in [0.05, 0.1) is 29.0 Å². The van der Waals surface area contributed by atoms with Crippen LogP contribution in [0.3, 0.4) is 0 Å². The minimum atomic E-state index is -5.08. The molecule has 1 amide bonds. The summed E-state index contributed by atoms with van der Waals surface area (Å²) in [5.74, 6) is -0.227. The predicted molar refractivity (Wildman–Crippen MR) is 139 cm³/mol. The highest BCUT2D eigenvalue weighted by Gasteiger charge is 2.38. The molecule has 0 saturated carbocycles. The van der Waals surface area contributed by atoms with Crippen molar-refractivity contribution in [2.45, 2.75) is 37.8 Å². The van der Waals surface area contributed by atoms with Gasteiger partial charge < -0.3 is 19.2 Å². The van der Waals surface area contributed by atoms with E-state index >= 15 is 0 Å². The van der Waals surface area contributed by atoms with Crippen molar-refractivity contribution in [2.24, 2.45) is 5.92 Å². The number of ether oxygens (including phenoxy) is 1. The van der Waals surface area contributed by atoms with Crippen LogP contribution < -0.4 is 4.74 Å². The average molecular weight is 583 g/mol. The predicted octanol–water partition coefficient (Wildman–Crippen LogP) is 4.93. The molecule has 0 atom stereocenters. The number of amides is 1. The maximum atomic E-state index is 12.7. The van der Waals surface area contributed by atoms with E-state index in [0.29, 0.717) is 42.7 Å². The number of benzene rings is 1. The highest BCUT2D eigenvalue weighted by Crippen LogP contribution is 2.25. The van der Waals surface area contributed by atoms with Crippen LogP contribution in [0.5, 0.6) is 5.75 Å². The number of likely N-dealkylation sites (tertiary alicyclic amines) is 1. The number of carboxylic acid groups (broad SMARTS) is 1. The normalized spacial score (nSPS) is 14.3. The summed E-state index contributed by atoms with van der Waals surface area (Å²) in [5, 5.41) is 7.12. The van der Waals surface area contributed by atoms with Crippen LogP contribution in [0.1, 0.15) is 34.7 Å². The van der Waals surface area contributed by atoms with Crippen LogP contribution in [-0.4, -0.2) is 67.4 Å². The maximum Gasteiger partial charge on any atom is 0.490 e. The molecule has 0 spiro atoms. The van der Waals surface area contributed by atoms with Crippen molar-refractivity contribution in [3.63, 3.8) is 0 Å². The van der Waals surface area contributed by atoms with Gasteiger partial charge in [-0.25, -0.2) is 13.2 Å². The summed E-state index contributed by atoms with van der Waals surface area (Å²) in [6.45, 7) is 5.67. The molecule has 1 aliphatic heterocycles. The molecular weight excluding hydrogens is 553 g/mol. The third-order valence-corrected chi connectivity index (χ3v) is 7.34. The van der Waals surface area contributed by atoms with E-state index in [1.807, 2.05) is 36.9 Å². The molecule has 40 heavy (non-hydrogen) atoms. The van der Waals surface area contributed by atoms with Crippen LogP contribution >= 0.6 is 0 Å². The van der Waals surface area contributed by atoms with E-state index in [9.17, 15) is 26.4 Å². The lowest BCUT2D eigenvalue weighted by molar-refractivity contribution is -0.192. The smallest absolute Gasteiger partial charge is 0.490 e. The number of nitrogens with zero attached hydrogens (tertiary/aromatic N) is 2. The number of sulfone groups is 1. The maximum absolute atomic E-state index is 12.7. The molecule has 1 N–H and O–H groups in total. The first-order valence-corrected chi connectivity index (χ1v) is 14.1. The third kappa shape index (κ3) is 8.31. The summed E-state index contributed by atoms with van der Waals surface area (Å²) in [5.41, 5.74) is 2.24. The number of furan rings is 1. The van der Waals surface area contributed by atoms with Gasteiger partial charge in [0.15, 0.2) is 9.84 Å². The second-order valence-electron chi connectivity index (χ2n) is 9.35. The van der Waals surface area contributed by atoms with E-state index in [1.54, 1.807) is 30.5 Å². The van der Waals surface area contributed by atoms with Crippen molar-refractivity contribution >= 4 is 21.7 Å². The molecule has 1 fully saturated rings. The first-order valence-electron chi connectivity index (χ1n) is 12.2. The number of carbonyl (C=O) groups excluding carboxylic acids is 1. The average Bonchev–Trinajstić information content (AvgIpc) is 3.24. The molecule has 1 aromatic carbocycles. The van der Waals surface area contributed by atoms with Crippen LogP contribution in [0.25, 0.3) is 11.3 Å². The number of piperidine rings is 1. The standard InChI is InChI=1S/C25H28N2O5S.C2HF3O2/c1-17-14-23(18(2)32-17)25(28)27-12-10-19(11-13-27)16-31-21-6-9-24(26-15-21)20-4-7-22(8-5-20)33(3,29)30;3-2(4,5)1(6)7/h4-9,14-15,19H,10-13,16H2,1-3H3;(H,6,7). The Labute approximate surface area is 229 Å². The van der Waals surface area contributed by atoms with Gasteiger partial charge in [-0.05, 0) is 62.9 Å². The van der Waals surface area contributed by atoms with Crippen molar-refractivity contribution in [1.82, 2.24) is 9.88 Å². The van der Waals surface area contributed by atoms with Gasteiger partial charge in [0.1, 0.15) is 17.3 Å². The van der Waals surface area contributed by atoms with Crippen molar-refractivity contribution in [3.8, 4) is 17.0 Å². The Morgan fingerprint density at radius 2 is 1.70 bits per heavy atom. The molecule has 2 aromatic heterocycles. The lowest BCUT2D eigenvalue weighted by Crippen LogP contribution is -2.39. The van der Waals surface area contributed by atoms with Gasteiger partial charge in [-0.2, -0.15) is 13.2 Å². The molecule has 0 aliphatic carbocycles. The van der Waals surface area contributed by atoms with Crippen LogP contribution in [0.4, 0.5) is 13.2 Å². The molecule has 0 unspecified atom stereocenters. The molecule has 13 heteroatoms. The fourth-order valence-electron chi connectivity index (χ4n) is 4.04. The van der Waals surface area contributed by atoms with Gasteiger partial charge in [0, 0.05) is 24.9 Å². The van der Waals surface area contributed by atoms with Gasteiger partial charge in [0.2, 0.25) is 0 Å².